The first kappa shape index (κ1) is 14.9. The number of nitrogens with zero attached hydrogens (tertiary/aromatic N) is 1. The van der Waals surface area contributed by atoms with E-state index in [1.54, 1.807) is 0 Å². The standard InChI is InChI=1S/C15H14F2N2O2/c1-2-10-3-5-11(6-4-10)9-18-15-13(19(20)21)8-7-12(16)14(15)17/h3-8,18H,2,9H2,1H3. The lowest BCUT2D eigenvalue weighted by atomic mass is 10.1. The van der Waals surface area contributed by atoms with Gasteiger partial charge in [0.2, 0.25) is 0 Å². The zero-order valence-corrected chi connectivity index (χ0v) is 11.4. The predicted octanol–water partition coefficient (Wildman–Crippen LogP) is 4.05. The maximum atomic E-state index is 13.7. The zero-order chi connectivity index (χ0) is 15.4. The van der Waals surface area contributed by atoms with Crippen LogP contribution < -0.4 is 5.32 Å². The summed E-state index contributed by atoms with van der Waals surface area (Å²) >= 11 is 0. The fraction of sp³-hybridized carbons (Fsp3) is 0.200. The molecule has 1 N–H and O–H groups in total. The normalized spacial score (nSPS) is 10.4. The molecule has 0 saturated heterocycles. The predicted molar refractivity (Wildman–Crippen MR) is 76.2 cm³/mol. The molecule has 0 amide bonds. The van der Waals surface area contributed by atoms with Crippen LogP contribution in [-0.2, 0) is 13.0 Å². The molecule has 0 aliphatic heterocycles. The molecule has 0 radical (unpaired) electrons. The third-order valence-corrected chi connectivity index (χ3v) is 3.17. The molecule has 4 nitrogen and oxygen atoms in total. The van der Waals surface area contributed by atoms with Crippen LogP contribution in [0.15, 0.2) is 36.4 Å². The van der Waals surface area contributed by atoms with Crippen molar-refractivity contribution < 1.29 is 13.7 Å². The number of nitro groups is 1. The van der Waals surface area contributed by atoms with E-state index >= 15 is 0 Å². The van der Waals surface area contributed by atoms with Gasteiger partial charge in [-0.15, -0.1) is 0 Å². The van der Waals surface area contributed by atoms with Crippen molar-refractivity contribution in [2.45, 2.75) is 19.9 Å². The highest BCUT2D eigenvalue weighted by molar-refractivity contribution is 5.62. The second-order valence-electron chi connectivity index (χ2n) is 4.54. The minimum atomic E-state index is -1.24. The lowest BCUT2D eigenvalue weighted by molar-refractivity contribution is -0.384. The molecule has 0 aromatic heterocycles. The van der Waals surface area contributed by atoms with Gasteiger partial charge in [0.05, 0.1) is 4.92 Å². The van der Waals surface area contributed by atoms with E-state index in [1.165, 1.54) is 0 Å². The highest BCUT2D eigenvalue weighted by atomic mass is 19.2. The van der Waals surface area contributed by atoms with Gasteiger partial charge in [-0.25, -0.2) is 8.78 Å². The molecule has 0 spiro atoms. The van der Waals surface area contributed by atoms with Crippen LogP contribution >= 0.6 is 0 Å². The summed E-state index contributed by atoms with van der Waals surface area (Å²) in [5.41, 5.74) is 1.06. The van der Waals surface area contributed by atoms with Gasteiger partial charge in [0, 0.05) is 12.6 Å². The van der Waals surface area contributed by atoms with Crippen LogP contribution in [0.1, 0.15) is 18.1 Å². The van der Waals surface area contributed by atoms with Crippen LogP contribution in [0.5, 0.6) is 0 Å². The number of nitrogens with one attached hydrogen (secondary N) is 1. The van der Waals surface area contributed by atoms with Crippen LogP contribution in [0.25, 0.3) is 0 Å². The number of benzene rings is 2. The topological polar surface area (TPSA) is 55.2 Å². The molecule has 2 aromatic carbocycles. The fourth-order valence-electron chi connectivity index (χ4n) is 1.94. The zero-order valence-electron chi connectivity index (χ0n) is 11.4. The summed E-state index contributed by atoms with van der Waals surface area (Å²) in [5, 5.41) is 13.5. The van der Waals surface area contributed by atoms with Crippen LogP contribution in [0.2, 0.25) is 0 Å². The Morgan fingerprint density at radius 3 is 2.29 bits per heavy atom. The maximum absolute atomic E-state index is 13.7. The molecule has 21 heavy (non-hydrogen) atoms. The van der Waals surface area contributed by atoms with E-state index in [2.05, 4.69) is 5.32 Å². The Kier molecular flexibility index (Phi) is 4.47. The fourth-order valence-corrected chi connectivity index (χ4v) is 1.94. The first-order chi connectivity index (χ1) is 10.0. The van der Waals surface area contributed by atoms with Crippen LogP contribution in [0.3, 0.4) is 0 Å². The summed E-state index contributed by atoms with van der Waals surface area (Å²) in [4.78, 5) is 10.1. The largest absolute Gasteiger partial charge is 0.373 e. The quantitative estimate of drug-likeness (QED) is 0.668. The minimum Gasteiger partial charge on any atom is -0.373 e. The van der Waals surface area contributed by atoms with E-state index in [-0.39, 0.29) is 6.54 Å². The molecule has 0 fully saturated rings. The molecule has 2 aromatic rings. The summed E-state index contributed by atoms with van der Waals surface area (Å²) in [5.74, 6) is -2.36. The van der Waals surface area contributed by atoms with E-state index in [0.717, 1.165) is 29.7 Å². The summed E-state index contributed by atoms with van der Waals surface area (Å²) < 4.78 is 26.9. The molecular weight excluding hydrogens is 278 g/mol. The summed E-state index contributed by atoms with van der Waals surface area (Å²) in [7, 11) is 0. The molecule has 0 unspecified atom stereocenters. The molecular formula is C15H14F2N2O2. The maximum Gasteiger partial charge on any atom is 0.295 e. The molecule has 110 valence electrons. The number of halogens is 2. The molecule has 2 rings (SSSR count). The number of hydrogen-bond acceptors (Lipinski definition) is 3. The Bertz CT molecular complexity index is 657. The summed E-state index contributed by atoms with van der Waals surface area (Å²) in [6.45, 7) is 2.20. The molecule has 0 aliphatic rings. The van der Waals surface area contributed by atoms with Gasteiger partial charge in [0.15, 0.2) is 17.3 Å². The second-order valence-corrected chi connectivity index (χ2v) is 4.54. The van der Waals surface area contributed by atoms with Gasteiger partial charge >= 0.3 is 0 Å². The number of aryl methyl sites for hydroxylation is 1. The lowest BCUT2D eigenvalue weighted by Crippen LogP contribution is -2.06. The molecule has 0 atom stereocenters. The molecule has 0 aliphatic carbocycles. The van der Waals surface area contributed by atoms with E-state index < -0.39 is 27.9 Å². The monoisotopic (exact) mass is 292 g/mol. The Morgan fingerprint density at radius 1 is 1.10 bits per heavy atom. The SMILES string of the molecule is CCc1ccc(CNc2c([N+](=O)[O-])ccc(F)c2F)cc1. The van der Waals surface area contributed by atoms with Gasteiger partial charge < -0.3 is 5.32 Å². The van der Waals surface area contributed by atoms with Crippen molar-refractivity contribution in [3.8, 4) is 0 Å². The van der Waals surface area contributed by atoms with Crippen molar-refractivity contribution in [2.24, 2.45) is 0 Å². The van der Waals surface area contributed by atoms with Gasteiger partial charge in [0.1, 0.15) is 0 Å². The second kappa shape index (κ2) is 6.30. The Balaban J connectivity index is 2.22. The smallest absolute Gasteiger partial charge is 0.295 e. The van der Waals surface area contributed by atoms with Gasteiger partial charge in [-0.3, -0.25) is 10.1 Å². The van der Waals surface area contributed by atoms with E-state index in [4.69, 9.17) is 0 Å². The van der Waals surface area contributed by atoms with Crippen LogP contribution in [0.4, 0.5) is 20.2 Å². The third kappa shape index (κ3) is 3.34. The van der Waals surface area contributed by atoms with Crippen molar-refractivity contribution in [2.75, 3.05) is 5.32 Å². The number of anilines is 1. The van der Waals surface area contributed by atoms with Gasteiger partial charge in [-0.1, -0.05) is 31.2 Å². The van der Waals surface area contributed by atoms with Gasteiger partial charge in [-0.05, 0) is 23.6 Å². The Labute approximate surface area is 120 Å². The number of nitro benzene ring substituents is 1. The van der Waals surface area contributed by atoms with Crippen molar-refractivity contribution in [3.63, 3.8) is 0 Å². The van der Waals surface area contributed by atoms with E-state index in [9.17, 15) is 18.9 Å². The van der Waals surface area contributed by atoms with Crippen molar-refractivity contribution in [1.82, 2.24) is 0 Å². The van der Waals surface area contributed by atoms with Crippen molar-refractivity contribution in [1.29, 1.82) is 0 Å². The van der Waals surface area contributed by atoms with Crippen LogP contribution in [-0.4, -0.2) is 4.92 Å². The van der Waals surface area contributed by atoms with Gasteiger partial charge in [-0.2, -0.15) is 0 Å². The summed E-state index contributed by atoms with van der Waals surface area (Å²) in [6.07, 6.45) is 0.901. The van der Waals surface area contributed by atoms with Crippen LogP contribution in [0, 0.1) is 21.7 Å². The van der Waals surface area contributed by atoms with E-state index in [1.807, 2.05) is 31.2 Å². The van der Waals surface area contributed by atoms with Gasteiger partial charge in [0.25, 0.3) is 5.69 Å². The number of hydrogen-bond donors (Lipinski definition) is 1. The Hall–Kier alpha value is -2.50. The molecule has 0 saturated carbocycles. The lowest BCUT2D eigenvalue weighted by Gasteiger charge is -2.09. The van der Waals surface area contributed by atoms with Crippen molar-refractivity contribution >= 4 is 11.4 Å². The molecule has 0 heterocycles. The first-order valence-electron chi connectivity index (χ1n) is 6.47. The molecule has 0 bridgehead atoms. The third-order valence-electron chi connectivity index (χ3n) is 3.17. The average Bonchev–Trinajstić information content (AvgIpc) is 2.49. The first-order valence-corrected chi connectivity index (χ1v) is 6.47. The van der Waals surface area contributed by atoms with Crippen molar-refractivity contribution in [3.05, 3.63) is 69.3 Å². The Morgan fingerprint density at radius 2 is 1.71 bits per heavy atom. The number of rotatable bonds is 5. The minimum absolute atomic E-state index is 0.172. The molecule has 6 heteroatoms. The highest BCUT2D eigenvalue weighted by Crippen LogP contribution is 2.29. The highest BCUT2D eigenvalue weighted by Gasteiger charge is 2.21. The average molecular weight is 292 g/mol. The van der Waals surface area contributed by atoms with E-state index in [0.29, 0.717) is 0 Å². The summed E-state index contributed by atoms with van der Waals surface area (Å²) in [6, 6.07) is 9.22.